The van der Waals surface area contributed by atoms with Crippen LogP contribution < -0.4 is 18.9 Å². The standard InChI is InChI=1S/C28H20N2O4/c1(19-5-7-25-27(15-19)33-17-31-25)3-21-9-11-29-23(13-21)24-14-22(10-12-30-24)4-2-20-6-8-26-28(16-20)34-18-32-26/h1-16H,17-18H2/b3-1+,4-2+. The summed E-state index contributed by atoms with van der Waals surface area (Å²) in [5.74, 6) is 3.10. The van der Waals surface area contributed by atoms with Crippen molar-refractivity contribution in [2.24, 2.45) is 0 Å². The first kappa shape index (κ1) is 20.1. The molecule has 0 radical (unpaired) electrons. The van der Waals surface area contributed by atoms with Gasteiger partial charge in [-0.3, -0.25) is 9.97 Å². The maximum atomic E-state index is 5.46. The molecule has 34 heavy (non-hydrogen) atoms. The lowest BCUT2D eigenvalue weighted by Gasteiger charge is -2.03. The van der Waals surface area contributed by atoms with Gasteiger partial charge in [0.05, 0.1) is 11.4 Å². The van der Waals surface area contributed by atoms with E-state index in [0.29, 0.717) is 0 Å². The van der Waals surface area contributed by atoms with Gasteiger partial charge in [0.2, 0.25) is 13.6 Å². The lowest BCUT2D eigenvalue weighted by atomic mass is 10.1. The van der Waals surface area contributed by atoms with E-state index >= 15 is 0 Å². The summed E-state index contributed by atoms with van der Waals surface area (Å²) < 4.78 is 21.7. The Kier molecular flexibility index (Phi) is 5.16. The van der Waals surface area contributed by atoms with Gasteiger partial charge in [0.25, 0.3) is 0 Å². The lowest BCUT2D eigenvalue weighted by Crippen LogP contribution is -1.92. The first-order valence-corrected chi connectivity index (χ1v) is 10.9. The van der Waals surface area contributed by atoms with Crippen molar-refractivity contribution in [3.8, 4) is 34.4 Å². The SMILES string of the molecule is C(=C\c1ccc2c(c1)OCO2)/c1ccnc(-c2cc(/C=C/c3ccc4c(c3)OCO4)ccn2)c1. The van der Waals surface area contributed by atoms with Crippen LogP contribution in [0.3, 0.4) is 0 Å². The molecular formula is C28H20N2O4. The minimum Gasteiger partial charge on any atom is -0.454 e. The Morgan fingerprint density at radius 2 is 0.882 bits per heavy atom. The van der Waals surface area contributed by atoms with Crippen LogP contribution in [-0.4, -0.2) is 23.6 Å². The van der Waals surface area contributed by atoms with Crippen LogP contribution in [0.1, 0.15) is 22.3 Å². The maximum Gasteiger partial charge on any atom is 0.231 e. The predicted octanol–water partition coefficient (Wildman–Crippen LogP) is 5.94. The molecule has 6 heteroatoms. The van der Waals surface area contributed by atoms with Crippen molar-refractivity contribution >= 4 is 24.3 Å². The molecule has 4 aromatic rings. The molecule has 0 atom stereocenters. The number of pyridine rings is 2. The average Bonchev–Trinajstić information content (AvgIpc) is 3.55. The fourth-order valence-corrected chi connectivity index (χ4v) is 3.80. The van der Waals surface area contributed by atoms with E-state index in [9.17, 15) is 0 Å². The highest BCUT2D eigenvalue weighted by Crippen LogP contribution is 2.34. The Balaban J connectivity index is 1.20. The summed E-state index contributed by atoms with van der Waals surface area (Å²) in [6.45, 7) is 0.544. The number of rotatable bonds is 5. The maximum absolute atomic E-state index is 5.46. The summed E-state index contributed by atoms with van der Waals surface area (Å²) in [6.07, 6.45) is 11.8. The van der Waals surface area contributed by atoms with E-state index < -0.39 is 0 Å². The second-order valence-electron chi connectivity index (χ2n) is 7.84. The van der Waals surface area contributed by atoms with Gasteiger partial charge in [0.15, 0.2) is 23.0 Å². The van der Waals surface area contributed by atoms with Gasteiger partial charge in [-0.2, -0.15) is 0 Å². The van der Waals surface area contributed by atoms with E-state index in [-0.39, 0.29) is 13.6 Å². The van der Waals surface area contributed by atoms with Gasteiger partial charge < -0.3 is 18.9 Å². The smallest absolute Gasteiger partial charge is 0.231 e. The summed E-state index contributed by atoms with van der Waals surface area (Å²) in [5.41, 5.74) is 5.77. The molecule has 0 fully saturated rings. The zero-order valence-electron chi connectivity index (χ0n) is 18.2. The molecule has 0 aliphatic carbocycles. The van der Waals surface area contributed by atoms with Crippen molar-refractivity contribution in [2.75, 3.05) is 13.6 Å². The second-order valence-corrected chi connectivity index (χ2v) is 7.84. The summed E-state index contributed by atoms with van der Waals surface area (Å²) in [6, 6.07) is 19.8. The molecule has 2 aliphatic rings. The van der Waals surface area contributed by atoms with E-state index in [0.717, 1.165) is 56.6 Å². The molecule has 6 rings (SSSR count). The van der Waals surface area contributed by atoms with Gasteiger partial charge in [-0.15, -0.1) is 0 Å². The highest BCUT2D eigenvalue weighted by atomic mass is 16.7. The minimum absolute atomic E-state index is 0.272. The molecule has 0 N–H and O–H groups in total. The molecule has 2 aromatic carbocycles. The number of hydrogen-bond donors (Lipinski definition) is 0. The van der Waals surface area contributed by atoms with Crippen molar-refractivity contribution in [3.05, 3.63) is 95.3 Å². The molecule has 6 nitrogen and oxygen atoms in total. The Morgan fingerprint density at radius 1 is 0.471 bits per heavy atom. The van der Waals surface area contributed by atoms with Crippen LogP contribution in [0, 0.1) is 0 Å². The van der Waals surface area contributed by atoms with Gasteiger partial charge in [-0.1, -0.05) is 36.4 Å². The third-order valence-electron chi connectivity index (χ3n) is 5.56. The van der Waals surface area contributed by atoms with Crippen LogP contribution in [0.4, 0.5) is 0 Å². The minimum atomic E-state index is 0.272. The van der Waals surface area contributed by atoms with Crippen LogP contribution in [0.2, 0.25) is 0 Å². The van der Waals surface area contributed by atoms with E-state index in [4.69, 9.17) is 18.9 Å². The third kappa shape index (κ3) is 4.21. The molecular weight excluding hydrogens is 428 g/mol. The molecule has 2 aliphatic heterocycles. The van der Waals surface area contributed by atoms with Crippen LogP contribution >= 0.6 is 0 Å². The molecule has 166 valence electrons. The number of benzene rings is 2. The van der Waals surface area contributed by atoms with Crippen molar-refractivity contribution in [3.63, 3.8) is 0 Å². The molecule has 0 saturated heterocycles. The summed E-state index contributed by atoms with van der Waals surface area (Å²) in [4.78, 5) is 9.05. The molecule has 0 amide bonds. The van der Waals surface area contributed by atoms with Crippen molar-refractivity contribution in [2.45, 2.75) is 0 Å². The third-order valence-corrected chi connectivity index (χ3v) is 5.56. The first-order valence-electron chi connectivity index (χ1n) is 10.9. The van der Waals surface area contributed by atoms with Crippen LogP contribution in [0.25, 0.3) is 35.7 Å². The van der Waals surface area contributed by atoms with Crippen molar-refractivity contribution < 1.29 is 18.9 Å². The van der Waals surface area contributed by atoms with E-state index in [2.05, 4.69) is 9.97 Å². The van der Waals surface area contributed by atoms with Gasteiger partial charge in [0, 0.05) is 12.4 Å². The lowest BCUT2D eigenvalue weighted by molar-refractivity contribution is 0.173. The predicted molar refractivity (Wildman–Crippen MR) is 130 cm³/mol. The average molecular weight is 448 g/mol. The Morgan fingerprint density at radius 3 is 1.35 bits per heavy atom. The van der Waals surface area contributed by atoms with Crippen LogP contribution in [0.5, 0.6) is 23.0 Å². The van der Waals surface area contributed by atoms with Crippen LogP contribution in [0.15, 0.2) is 73.1 Å². The number of aromatic nitrogens is 2. The molecule has 0 spiro atoms. The highest BCUT2D eigenvalue weighted by molar-refractivity contribution is 5.75. The van der Waals surface area contributed by atoms with E-state index in [1.54, 1.807) is 12.4 Å². The molecule has 4 heterocycles. The summed E-state index contributed by atoms with van der Waals surface area (Å²) >= 11 is 0. The number of hydrogen-bond acceptors (Lipinski definition) is 6. The second kappa shape index (κ2) is 8.75. The quantitative estimate of drug-likeness (QED) is 0.376. The van der Waals surface area contributed by atoms with Gasteiger partial charge >= 0.3 is 0 Å². The number of fused-ring (bicyclic) bond motifs is 2. The summed E-state index contributed by atoms with van der Waals surface area (Å²) in [5, 5.41) is 0. The molecule has 0 bridgehead atoms. The van der Waals surface area contributed by atoms with Gasteiger partial charge in [-0.25, -0.2) is 0 Å². The van der Waals surface area contributed by atoms with Gasteiger partial charge in [-0.05, 0) is 70.8 Å². The zero-order valence-corrected chi connectivity index (χ0v) is 18.2. The van der Waals surface area contributed by atoms with Gasteiger partial charge in [0.1, 0.15) is 0 Å². The molecule has 0 unspecified atom stereocenters. The Bertz CT molecular complexity index is 1320. The topological polar surface area (TPSA) is 62.7 Å². The number of ether oxygens (including phenoxy) is 4. The zero-order chi connectivity index (χ0) is 22.7. The highest BCUT2D eigenvalue weighted by Gasteiger charge is 2.13. The van der Waals surface area contributed by atoms with Crippen LogP contribution in [-0.2, 0) is 0 Å². The van der Waals surface area contributed by atoms with E-state index in [1.165, 1.54) is 0 Å². The Hall–Kier alpha value is -4.58. The number of nitrogens with zero attached hydrogens (tertiary/aromatic N) is 2. The summed E-state index contributed by atoms with van der Waals surface area (Å²) in [7, 11) is 0. The Labute approximate surface area is 196 Å². The monoisotopic (exact) mass is 448 g/mol. The fraction of sp³-hybridized carbons (Fsp3) is 0.0714. The normalized spacial score (nSPS) is 13.8. The molecule has 2 aromatic heterocycles. The first-order chi connectivity index (χ1) is 16.8. The fourth-order valence-electron chi connectivity index (χ4n) is 3.80. The molecule has 0 saturated carbocycles. The van der Waals surface area contributed by atoms with Crippen molar-refractivity contribution in [1.29, 1.82) is 0 Å². The largest absolute Gasteiger partial charge is 0.454 e. The van der Waals surface area contributed by atoms with E-state index in [1.807, 2.05) is 85.0 Å². The van der Waals surface area contributed by atoms with Crippen molar-refractivity contribution in [1.82, 2.24) is 9.97 Å².